The third kappa shape index (κ3) is 4.84. The Morgan fingerprint density at radius 3 is 2.37 bits per heavy atom. The maximum absolute atomic E-state index is 13.9. The van der Waals surface area contributed by atoms with Crippen LogP contribution in [0.2, 0.25) is 5.02 Å². The van der Waals surface area contributed by atoms with E-state index in [9.17, 15) is 23.6 Å². The van der Waals surface area contributed by atoms with Gasteiger partial charge in [-0.25, -0.2) is 9.40 Å². The molecule has 6 nitrogen and oxygen atoms in total. The lowest BCUT2D eigenvalue weighted by Gasteiger charge is -2.36. The summed E-state index contributed by atoms with van der Waals surface area (Å²) in [4.78, 5) is 54.5. The molecule has 0 unspecified atom stereocenters. The fourth-order valence-corrected chi connectivity index (χ4v) is 5.41. The third-order valence-corrected chi connectivity index (χ3v) is 7.35. The Labute approximate surface area is 212 Å². The van der Waals surface area contributed by atoms with E-state index in [4.69, 9.17) is 23.2 Å². The van der Waals surface area contributed by atoms with E-state index in [2.05, 4.69) is 0 Å². The van der Waals surface area contributed by atoms with E-state index in [-0.39, 0.29) is 34.4 Å². The molecule has 0 radical (unpaired) electrons. The Bertz CT molecular complexity index is 1160. The molecule has 0 N–H and O–H groups in total. The smallest absolute Gasteiger partial charge is 0.275 e. The molecule has 1 aliphatic heterocycles. The molecule has 0 bridgehead atoms. The number of carbonyl (C=O) groups excluding carboxylic acids is 4. The number of amides is 3. The summed E-state index contributed by atoms with van der Waals surface area (Å²) in [6, 6.07) is 9.82. The monoisotopic (exact) mass is 518 g/mol. The minimum Gasteiger partial charge on any atom is -0.292 e. The van der Waals surface area contributed by atoms with Gasteiger partial charge in [-0.15, -0.1) is 11.6 Å². The average molecular weight is 519 g/mol. The largest absolute Gasteiger partial charge is 0.292 e. The van der Waals surface area contributed by atoms with Crippen LogP contribution in [-0.2, 0) is 9.59 Å². The van der Waals surface area contributed by atoms with Crippen LogP contribution in [0.25, 0.3) is 0 Å². The Balaban J connectivity index is 1.82. The quantitative estimate of drug-likeness (QED) is 0.289. The summed E-state index contributed by atoms with van der Waals surface area (Å²) in [7, 11) is 0. The van der Waals surface area contributed by atoms with Crippen molar-refractivity contribution in [3.05, 3.63) is 70.5 Å². The number of Topliss-reactive ketones (excluding diaryl/α,β-unsaturated/α-hetero) is 1. The van der Waals surface area contributed by atoms with Crippen molar-refractivity contribution in [2.45, 2.75) is 38.6 Å². The molecule has 2 aromatic carbocycles. The molecule has 1 heterocycles. The van der Waals surface area contributed by atoms with Gasteiger partial charge in [-0.2, -0.15) is 5.01 Å². The van der Waals surface area contributed by atoms with E-state index in [0.717, 1.165) is 28.6 Å². The number of carbonyl (C=O) groups is 4. The van der Waals surface area contributed by atoms with E-state index in [1.807, 2.05) is 6.92 Å². The first kappa shape index (κ1) is 25.3. The first-order valence-corrected chi connectivity index (χ1v) is 12.5. The maximum Gasteiger partial charge on any atom is 0.275 e. The molecular formula is C26H25Cl2FN2O4. The molecule has 35 heavy (non-hydrogen) atoms. The number of hydrogen-bond acceptors (Lipinski definition) is 4. The average Bonchev–Trinajstić information content (AvgIpc) is 3.08. The molecule has 2 aromatic rings. The van der Waals surface area contributed by atoms with Gasteiger partial charge in [-0.3, -0.25) is 19.2 Å². The van der Waals surface area contributed by atoms with Crippen LogP contribution in [0.5, 0.6) is 0 Å². The zero-order valence-corrected chi connectivity index (χ0v) is 20.6. The number of imide groups is 1. The predicted molar refractivity (Wildman–Crippen MR) is 129 cm³/mol. The zero-order chi connectivity index (χ0) is 25.3. The molecule has 3 amide bonds. The Hall–Kier alpha value is -2.77. The van der Waals surface area contributed by atoms with E-state index < -0.39 is 47.2 Å². The van der Waals surface area contributed by atoms with Gasteiger partial charge >= 0.3 is 0 Å². The number of hydrazine groups is 1. The van der Waals surface area contributed by atoms with Crippen molar-refractivity contribution in [2.75, 3.05) is 5.88 Å². The molecule has 4 rings (SSSR count). The Morgan fingerprint density at radius 2 is 1.71 bits per heavy atom. The lowest BCUT2D eigenvalue weighted by molar-refractivity contribution is -0.156. The summed E-state index contributed by atoms with van der Waals surface area (Å²) in [5.41, 5.74) is 0.174. The molecule has 9 heteroatoms. The molecule has 184 valence electrons. The number of fused-ring (bicyclic) bond motifs is 1. The maximum atomic E-state index is 13.9. The summed E-state index contributed by atoms with van der Waals surface area (Å²) < 4.78 is 13.5. The van der Waals surface area contributed by atoms with Crippen LogP contribution in [0.1, 0.15) is 53.3 Å². The number of nitrogens with zero attached hydrogens (tertiary/aromatic N) is 2. The van der Waals surface area contributed by atoms with Gasteiger partial charge in [0.25, 0.3) is 17.7 Å². The van der Waals surface area contributed by atoms with E-state index in [1.54, 1.807) is 12.1 Å². The van der Waals surface area contributed by atoms with Crippen LogP contribution in [-0.4, -0.2) is 45.4 Å². The second-order valence-electron chi connectivity index (χ2n) is 9.11. The zero-order valence-electron chi connectivity index (χ0n) is 19.1. The summed E-state index contributed by atoms with van der Waals surface area (Å²) >= 11 is 12.3. The number of ketones is 1. The fourth-order valence-electron chi connectivity index (χ4n) is 4.99. The normalized spacial score (nSPS) is 22.6. The van der Waals surface area contributed by atoms with Crippen LogP contribution < -0.4 is 0 Å². The Kier molecular flexibility index (Phi) is 7.57. The molecule has 1 saturated carbocycles. The highest BCUT2D eigenvalue weighted by Gasteiger charge is 2.54. The third-order valence-electron chi connectivity index (χ3n) is 6.80. The SMILES string of the molecule is C[C@@H]1CC[C@@H]2C(=O)N(N(C(=O)c3ccccc3Cl)[C@@H](CCCl)C(=O)c3ccc(F)cc3)C(=O)[C@@H]2C1. The van der Waals surface area contributed by atoms with E-state index in [0.29, 0.717) is 12.8 Å². The van der Waals surface area contributed by atoms with Crippen molar-refractivity contribution >= 4 is 46.7 Å². The van der Waals surface area contributed by atoms with Crippen molar-refractivity contribution in [1.29, 1.82) is 0 Å². The van der Waals surface area contributed by atoms with Crippen molar-refractivity contribution in [2.24, 2.45) is 17.8 Å². The first-order chi connectivity index (χ1) is 16.7. The molecule has 0 aromatic heterocycles. The summed E-state index contributed by atoms with van der Waals surface area (Å²) in [6.45, 7) is 2.03. The highest BCUT2D eigenvalue weighted by atomic mass is 35.5. The van der Waals surface area contributed by atoms with Crippen molar-refractivity contribution in [1.82, 2.24) is 10.0 Å². The van der Waals surface area contributed by atoms with Crippen molar-refractivity contribution in [3.8, 4) is 0 Å². The van der Waals surface area contributed by atoms with Crippen molar-refractivity contribution in [3.63, 3.8) is 0 Å². The van der Waals surface area contributed by atoms with Gasteiger partial charge in [-0.05, 0) is 68.0 Å². The summed E-state index contributed by atoms with van der Waals surface area (Å²) in [5, 5.41) is 1.90. The molecule has 2 fully saturated rings. The van der Waals surface area contributed by atoms with Crippen LogP contribution in [0.15, 0.2) is 48.5 Å². The van der Waals surface area contributed by atoms with Gasteiger partial charge in [0.05, 0.1) is 22.4 Å². The number of halogens is 3. The number of benzene rings is 2. The lowest BCUT2D eigenvalue weighted by Crippen LogP contribution is -2.57. The molecule has 4 atom stereocenters. The summed E-state index contributed by atoms with van der Waals surface area (Å²) in [6.07, 6.45) is 1.84. The van der Waals surface area contributed by atoms with Gasteiger partial charge in [0.2, 0.25) is 0 Å². The summed E-state index contributed by atoms with van der Waals surface area (Å²) in [5.74, 6) is -3.70. The van der Waals surface area contributed by atoms with Gasteiger partial charge in [0.1, 0.15) is 11.9 Å². The van der Waals surface area contributed by atoms with Crippen LogP contribution >= 0.6 is 23.2 Å². The van der Waals surface area contributed by atoms with Gasteiger partial charge in [0.15, 0.2) is 5.78 Å². The first-order valence-electron chi connectivity index (χ1n) is 11.6. The molecule has 2 aliphatic rings. The van der Waals surface area contributed by atoms with Crippen LogP contribution in [0, 0.1) is 23.6 Å². The minimum absolute atomic E-state index is 0.0238. The topological polar surface area (TPSA) is 74.8 Å². The fraction of sp³-hybridized carbons (Fsp3) is 0.385. The highest BCUT2D eigenvalue weighted by Crippen LogP contribution is 2.42. The second kappa shape index (κ2) is 10.5. The Morgan fingerprint density at radius 1 is 1.06 bits per heavy atom. The van der Waals surface area contributed by atoms with Crippen LogP contribution in [0.4, 0.5) is 4.39 Å². The van der Waals surface area contributed by atoms with E-state index in [1.165, 1.54) is 24.3 Å². The van der Waals surface area contributed by atoms with Crippen LogP contribution in [0.3, 0.4) is 0 Å². The van der Waals surface area contributed by atoms with Crippen molar-refractivity contribution < 1.29 is 23.6 Å². The number of rotatable bonds is 7. The molecule has 1 aliphatic carbocycles. The predicted octanol–water partition coefficient (Wildman–Crippen LogP) is 5.14. The molecular weight excluding hydrogens is 494 g/mol. The highest BCUT2D eigenvalue weighted by molar-refractivity contribution is 6.34. The molecule has 0 spiro atoms. The van der Waals surface area contributed by atoms with Gasteiger partial charge < -0.3 is 0 Å². The minimum atomic E-state index is -1.27. The number of hydrogen-bond donors (Lipinski definition) is 0. The van der Waals surface area contributed by atoms with Gasteiger partial charge in [-0.1, -0.05) is 30.7 Å². The van der Waals surface area contributed by atoms with Gasteiger partial charge in [0, 0.05) is 11.4 Å². The standard InChI is InChI=1S/C26H25Cl2FN2O4/c1-15-6-11-18-20(14-15)26(35)31(24(18)33)30(25(34)19-4-2-3-5-21(19)28)22(12-13-27)23(32)16-7-9-17(29)10-8-16/h2-5,7-10,15,18,20,22H,6,11-14H2,1H3/t15-,18+,20-,22+/m1/s1. The number of alkyl halides is 1. The second-order valence-corrected chi connectivity index (χ2v) is 9.90. The molecule has 1 saturated heterocycles. The lowest BCUT2D eigenvalue weighted by atomic mass is 9.76. The van der Waals surface area contributed by atoms with E-state index >= 15 is 0 Å².